The minimum absolute atomic E-state index is 0.265. The lowest BCUT2D eigenvalue weighted by molar-refractivity contribution is 0.0995. The number of hydrogen-bond acceptors (Lipinski definition) is 3. The number of furan rings is 1. The number of carbonyl (C=O) groups excluding carboxylic acids is 1. The molecule has 28 heavy (non-hydrogen) atoms. The number of halogens is 1. The van der Waals surface area contributed by atoms with Gasteiger partial charge >= 0.3 is 0 Å². The average molecular weight is 438 g/mol. The van der Waals surface area contributed by atoms with Gasteiger partial charge in [-0.25, -0.2) is 4.98 Å². The molecule has 1 amide bonds. The Hall–Kier alpha value is -2.86. The summed E-state index contributed by atoms with van der Waals surface area (Å²) < 4.78 is 8.12. The highest BCUT2D eigenvalue weighted by atomic mass is 79.9. The Morgan fingerprint density at radius 3 is 2.64 bits per heavy atom. The van der Waals surface area contributed by atoms with Crippen molar-refractivity contribution in [3.8, 4) is 0 Å². The van der Waals surface area contributed by atoms with Crippen molar-refractivity contribution in [3.05, 3.63) is 82.5 Å². The summed E-state index contributed by atoms with van der Waals surface area (Å²) in [5.41, 5.74) is 4.03. The predicted molar refractivity (Wildman–Crippen MR) is 114 cm³/mol. The molecule has 4 rings (SSSR count). The second-order valence-corrected chi connectivity index (χ2v) is 7.26. The Balaban J connectivity index is 1.54. The second-order valence-electron chi connectivity index (χ2n) is 6.48. The molecule has 0 atom stereocenters. The number of rotatable bonds is 6. The van der Waals surface area contributed by atoms with Crippen LogP contribution in [0.4, 0.5) is 5.69 Å². The van der Waals surface area contributed by atoms with E-state index in [2.05, 4.69) is 38.8 Å². The quantitative estimate of drug-likeness (QED) is 0.436. The molecule has 0 radical (unpaired) electrons. The summed E-state index contributed by atoms with van der Waals surface area (Å²) in [5, 5.41) is 2.95. The number of benzene rings is 2. The topological polar surface area (TPSA) is 60.1 Å². The maximum atomic E-state index is 12.4. The summed E-state index contributed by atoms with van der Waals surface area (Å²) in [6.45, 7) is 3.01. The maximum absolute atomic E-state index is 12.4. The first-order valence-electron chi connectivity index (χ1n) is 9.24. The van der Waals surface area contributed by atoms with Crippen LogP contribution in [0.1, 0.15) is 28.9 Å². The van der Waals surface area contributed by atoms with E-state index in [1.54, 1.807) is 12.1 Å². The standard InChI is InChI=1S/C22H20BrN3O2/c1-2-26-18-10-6-5-9-17(18)24-21(26)14-11-15-7-3-4-8-16(15)25-22(27)19-12-13-20(23)28-19/h3-10,12-13H,2,11,14H2,1H3,(H,25,27). The molecule has 0 fully saturated rings. The van der Waals surface area contributed by atoms with E-state index in [-0.39, 0.29) is 11.7 Å². The highest BCUT2D eigenvalue weighted by molar-refractivity contribution is 9.10. The predicted octanol–water partition coefficient (Wildman–Crippen LogP) is 5.45. The van der Waals surface area contributed by atoms with Crippen LogP contribution in [0, 0.1) is 0 Å². The van der Waals surface area contributed by atoms with Gasteiger partial charge in [-0.3, -0.25) is 4.79 Å². The van der Waals surface area contributed by atoms with Crippen molar-refractivity contribution in [3.63, 3.8) is 0 Å². The molecule has 0 saturated carbocycles. The van der Waals surface area contributed by atoms with Crippen molar-refractivity contribution >= 4 is 38.6 Å². The zero-order valence-corrected chi connectivity index (χ0v) is 17.1. The molecule has 1 N–H and O–H groups in total. The van der Waals surface area contributed by atoms with Crippen molar-refractivity contribution in [2.75, 3.05) is 5.32 Å². The van der Waals surface area contributed by atoms with E-state index >= 15 is 0 Å². The van der Waals surface area contributed by atoms with Crippen LogP contribution >= 0.6 is 15.9 Å². The summed E-state index contributed by atoms with van der Waals surface area (Å²) in [6.07, 6.45) is 1.57. The van der Waals surface area contributed by atoms with E-state index < -0.39 is 0 Å². The first-order chi connectivity index (χ1) is 13.7. The van der Waals surface area contributed by atoms with Crippen LogP contribution in [0.15, 0.2) is 69.8 Å². The molecule has 0 aliphatic carbocycles. The van der Waals surface area contributed by atoms with Crippen molar-refractivity contribution in [2.24, 2.45) is 0 Å². The molecule has 2 aromatic heterocycles. The Bertz CT molecular complexity index is 1130. The molecule has 2 aromatic carbocycles. The van der Waals surface area contributed by atoms with Crippen molar-refractivity contribution < 1.29 is 9.21 Å². The first-order valence-corrected chi connectivity index (χ1v) is 10.0. The fourth-order valence-corrected chi connectivity index (χ4v) is 3.70. The Kier molecular flexibility index (Phi) is 5.30. The fraction of sp³-hybridized carbons (Fsp3) is 0.182. The summed E-state index contributed by atoms with van der Waals surface area (Å²) in [6, 6.07) is 19.4. The fourth-order valence-electron chi connectivity index (χ4n) is 3.40. The van der Waals surface area contributed by atoms with Crippen molar-refractivity contribution in [2.45, 2.75) is 26.3 Å². The molecule has 0 aliphatic heterocycles. The van der Waals surface area contributed by atoms with Crippen LogP contribution in [-0.2, 0) is 19.4 Å². The number of fused-ring (bicyclic) bond motifs is 1. The monoisotopic (exact) mass is 437 g/mol. The zero-order chi connectivity index (χ0) is 19.5. The number of nitrogens with one attached hydrogen (secondary N) is 1. The molecule has 0 bridgehead atoms. The largest absolute Gasteiger partial charge is 0.444 e. The number of anilines is 1. The lowest BCUT2D eigenvalue weighted by Crippen LogP contribution is -2.13. The third-order valence-electron chi connectivity index (χ3n) is 4.73. The van der Waals surface area contributed by atoms with E-state index in [1.807, 2.05) is 42.5 Å². The van der Waals surface area contributed by atoms with Crippen molar-refractivity contribution in [1.82, 2.24) is 9.55 Å². The SMILES string of the molecule is CCn1c(CCc2ccccc2NC(=O)c2ccc(Br)o2)nc2ccccc21. The summed E-state index contributed by atoms with van der Waals surface area (Å²) in [5.74, 6) is 1.06. The molecule has 0 unspecified atom stereocenters. The highest BCUT2D eigenvalue weighted by Gasteiger charge is 2.14. The lowest BCUT2D eigenvalue weighted by Gasteiger charge is -2.11. The summed E-state index contributed by atoms with van der Waals surface area (Å²) in [4.78, 5) is 17.2. The number of carbonyl (C=O) groups is 1. The van der Waals surface area contributed by atoms with Gasteiger partial charge in [-0.2, -0.15) is 0 Å². The van der Waals surface area contributed by atoms with Gasteiger partial charge in [0.25, 0.3) is 5.91 Å². The normalized spacial score (nSPS) is 11.1. The third-order valence-corrected chi connectivity index (χ3v) is 5.16. The summed E-state index contributed by atoms with van der Waals surface area (Å²) >= 11 is 3.22. The number of aryl methyl sites for hydroxylation is 3. The Morgan fingerprint density at radius 2 is 1.86 bits per heavy atom. The molecule has 0 aliphatic rings. The number of para-hydroxylation sites is 3. The van der Waals surface area contributed by atoms with Crippen LogP contribution in [0.5, 0.6) is 0 Å². The molecule has 142 valence electrons. The minimum atomic E-state index is -0.265. The number of imidazole rings is 1. The first kappa shape index (κ1) is 18.5. The number of aromatic nitrogens is 2. The van der Waals surface area contributed by atoms with Crippen LogP contribution in [0.25, 0.3) is 11.0 Å². The average Bonchev–Trinajstić information content (AvgIpc) is 3.30. The molecular weight excluding hydrogens is 418 g/mol. The van der Waals surface area contributed by atoms with Gasteiger partial charge in [-0.1, -0.05) is 30.3 Å². The molecule has 4 aromatic rings. The highest BCUT2D eigenvalue weighted by Crippen LogP contribution is 2.22. The number of hydrogen-bond donors (Lipinski definition) is 1. The zero-order valence-electron chi connectivity index (χ0n) is 15.5. The van der Waals surface area contributed by atoms with Crippen LogP contribution in [0.2, 0.25) is 0 Å². The molecule has 6 heteroatoms. The Morgan fingerprint density at radius 1 is 1.07 bits per heavy atom. The number of amides is 1. The molecular formula is C22H20BrN3O2. The van der Waals surface area contributed by atoms with E-state index in [0.717, 1.165) is 47.5 Å². The smallest absolute Gasteiger partial charge is 0.291 e. The van der Waals surface area contributed by atoms with Gasteiger partial charge < -0.3 is 14.3 Å². The van der Waals surface area contributed by atoms with Gasteiger partial charge in [0.2, 0.25) is 0 Å². The third kappa shape index (κ3) is 3.73. The van der Waals surface area contributed by atoms with Gasteiger partial charge in [0.05, 0.1) is 11.0 Å². The van der Waals surface area contributed by atoms with E-state index in [9.17, 15) is 4.79 Å². The van der Waals surface area contributed by atoms with Crippen LogP contribution in [-0.4, -0.2) is 15.5 Å². The molecule has 0 spiro atoms. The van der Waals surface area contributed by atoms with Gasteiger partial charge in [0.15, 0.2) is 10.4 Å². The van der Waals surface area contributed by atoms with Gasteiger partial charge in [-0.05, 0) is 65.2 Å². The molecule has 2 heterocycles. The van der Waals surface area contributed by atoms with E-state index in [0.29, 0.717) is 4.67 Å². The van der Waals surface area contributed by atoms with Gasteiger partial charge in [0, 0.05) is 18.7 Å². The Labute approximate surface area is 171 Å². The molecule has 5 nitrogen and oxygen atoms in total. The van der Waals surface area contributed by atoms with Crippen molar-refractivity contribution in [1.29, 1.82) is 0 Å². The minimum Gasteiger partial charge on any atom is -0.444 e. The molecule has 0 saturated heterocycles. The van der Waals surface area contributed by atoms with Crippen LogP contribution < -0.4 is 5.32 Å². The maximum Gasteiger partial charge on any atom is 0.291 e. The van der Waals surface area contributed by atoms with Crippen LogP contribution in [0.3, 0.4) is 0 Å². The lowest BCUT2D eigenvalue weighted by atomic mass is 10.1. The number of nitrogens with zero attached hydrogens (tertiary/aromatic N) is 2. The van der Waals surface area contributed by atoms with E-state index in [4.69, 9.17) is 9.40 Å². The van der Waals surface area contributed by atoms with E-state index in [1.165, 1.54) is 0 Å². The van der Waals surface area contributed by atoms with Gasteiger partial charge in [0.1, 0.15) is 5.82 Å². The summed E-state index contributed by atoms with van der Waals surface area (Å²) in [7, 11) is 0. The van der Waals surface area contributed by atoms with Gasteiger partial charge in [-0.15, -0.1) is 0 Å². The second kappa shape index (κ2) is 8.02.